The van der Waals surface area contributed by atoms with E-state index >= 15 is 0 Å². The van der Waals surface area contributed by atoms with Crippen molar-refractivity contribution in [3.8, 4) is 0 Å². The molecular formula is C17H20N5O2+. The van der Waals surface area contributed by atoms with Crippen LogP contribution in [0, 0.1) is 0 Å². The number of rotatable bonds is 3. The van der Waals surface area contributed by atoms with Gasteiger partial charge in [-0.3, -0.25) is 4.79 Å². The summed E-state index contributed by atoms with van der Waals surface area (Å²) in [4.78, 5) is 25.5. The number of pyridine rings is 1. The predicted molar refractivity (Wildman–Crippen MR) is 86.3 cm³/mol. The zero-order valence-electron chi connectivity index (χ0n) is 13.7. The molecule has 1 amide bonds. The fourth-order valence-electron chi connectivity index (χ4n) is 3.17. The molecule has 0 aromatic carbocycles. The lowest BCUT2D eigenvalue weighted by Crippen LogP contribution is -2.31. The molecule has 4 heterocycles. The second-order valence-electron chi connectivity index (χ2n) is 6.50. The fourth-order valence-corrected chi connectivity index (χ4v) is 3.17. The summed E-state index contributed by atoms with van der Waals surface area (Å²) >= 11 is 0. The molecule has 3 aromatic rings. The monoisotopic (exact) mass is 326 g/mol. The third kappa shape index (κ3) is 2.46. The first-order valence-corrected chi connectivity index (χ1v) is 8.27. The van der Waals surface area contributed by atoms with E-state index in [1.54, 1.807) is 6.20 Å². The molecule has 1 fully saturated rings. The molecule has 0 radical (unpaired) electrons. The van der Waals surface area contributed by atoms with Gasteiger partial charge in [0.15, 0.2) is 5.82 Å². The molecule has 7 heteroatoms. The second kappa shape index (κ2) is 5.74. The summed E-state index contributed by atoms with van der Waals surface area (Å²) in [6.07, 6.45) is 5.39. The van der Waals surface area contributed by atoms with E-state index in [1.165, 1.54) is 0 Å². The van der Waals surface area contributed by atoms with Gasteiger partial charge < -0.3 is 9.42 Å². The summed E-state index contributed by atoms with van der Waals surface area (Å²) in [5, 5.41) is 5.08. The molecule has 1 aliphatic rings. The second-order valence-corrected chi connectivity index (χ2v) is 6.50. The molecule has 4 rings (SSSR count). The van der Waals surface area contributed by atoms with Gasteiger partial charge in [-0.15, -0.1) is 0 Å². The maximum atomic E-state index is 12.9. The van der Waals surface area contributed by atoms with E-state index in [0.717, 1.165) is 23.9 Å². The highest BCUT2D eigenvalue weighted by Gasteiger charge is 2.34. The third-order valence-corrected chi connectivity index (χ3v) is 4.47. The van der Waals surface area contributed by atoms with Crippen molar-refractivity contribution in [2.45, 2.75) is 38.6 Å². The Morgan fingerprint density at radius 3 is 3.17 bits per heavy atom. The van der Waals surface area contributed by atoms with Crippen LogP contribution in [0.4, 0.5) is 0 Å². The normalized spacial score (nSPS) is 18.0. The Labute approximate surface area is 139 Å². The predicted octanol–water partition coefficient (Wildman–Crippen LogP) is 2.47. The van der Waals surface area contributed by atoms with Crippen molar-refractivity contribution in [3.05, 3.63) is 41.8 Å². The van der Waals surface area contributed by atoms with Crippen LogP contribution in [0.3, 0.4) is 0 Å². The average Bonchev–Trinajstić information content (AvgIpc) is 3.31. The lowest BCUT2D eigenvalue weighted by molar-refractivity contribution is -0.347. The summed E-state index contributed by atoms with van der Waals surface area (Å²) in [5.74, 6) is 1.40. The zero-order valence-corrected chi connectivity index (χ0v) is 13.7. The molecule has 2 N–H and O–H groups in total. The summed E-state index contributed by atoms with van der Waals surface area (Å²) < 4.78 is 5.31. The van der Waals surface area contributed by atoms with Gasteiger partial charge in [0.1, 0.15) is 6.20 Å². The first kappa shape index (κ1) is 14.9. The Morgan fingerprint density at radius 2 is 2.38 bits per heavy atom. The molecule has 1 atom stereocenters. The number of H-pyrrole nitrogens is 2. The molecule has 24 heavy (non-hydrogen) atoms. The maximum Gasteiger partial charge on any atom is 0.284 e. The fraction of sp³-hybridized carbons (Fsp3) is 0.412. The lowest BCUT2D eigenvalue weighted by Gasteiger charge is -2.21. The molecule has 0 aliphatic carbocycles. The largest absolute Gasteiger partial charge is 0.339 e. The molecule has 0 spiro atoms. The standard InChI is InChI=1S/C17H19N5O2/c1-10(2)16-20-15(21-24-16)13-4-3-7-22(13)17(23)12-8-11-5-6-18-14(11)19-9-12/h5-6,8-10,13H,3-4,7H2,1-2H3,(H,18,19)/p+1/t13-/m1/s1. The lowest BCUT2D eigenvalue weighted by atomic mass is 10.1. The topological polar surface area (TPSA) is 89.2 Å². The number of hydrogen-bond donors (Lipinski definition) is 1. The quantitative estimate of drug-likeness (QED) is 0.800. The van der Waals surface area contributed by atoms with Crippen LogP contribution in [0.2, 0.25) is 0 Å². The van der Waals surface area contributed by atoms with E-state index in [2.05, 4.69) is 20.1 Å². The van der Waals surface area contributed by atoms with Crippen molar-refractivity contribution < 1.29 is 14.3 Å². The van der Waals surface area contributed by atoms with Crippen molar-refractivity contribution in [1.29, 1.82) is 0 Å². The summed E-state index contributed by atoms with van der Waals surface area (Å²) in [6.45, 7) is 4.73. The maximum absolute atomic E-state index is 12.9. The van der Waals surface area contributed by atoms with Crippen LogP contribution < -0.4 is 4.98 Å². The number of carbonyl (C=O) groups excluding carboxylic acids is 1. The molecule has 7 nitrogen and oxygen atoms in total. The van der Waals surface area contributed by atoms with E-state index in [-0.39, 0.29) is 17.9 Å². The smallest absolute Gasteiger partial charge is 0.284 e. The van der Waals surface area contributed by atoms with E-state index in [4.69, 9.17) is 4.52 Å². The van der Waals surface area contributed by atoms with Crippen LogP contribution in [0.1, 0.15) is 60.7 Å². The van der Waals surface area contributed by atoms with Crippen molar-refractivity contribution in [1.82, 2.24) is 20.0 Å². The molecule has 0 saturated carbocycles. The number of nitrogens with one attached hydrogen (secondary N) is 2. The van der Waals surface area contributed by atoms with Gasteiger partial charge >= 0.3 is 0 Å². The first-order chi connectivity index (χ1) is 11.6. The van der Waals surface area contributed by atoms with Gasteiger partial charge in [0.25, 0.3) is 11.6 Å². The summed E-state index contributed by atoms with van der Waals surface area (Å²) in [7, 11) is 0. The highest BCUT2D eigenvalue weighted by Crippen LogP contribution is 2.32. The van der Waals surface area contributed by atoms with Crippen LogP contribution in [0.5, 0.6) is 0 Å². The molecule has 1 saturated heterocycles. The van der Waals surface area contributed by atoms with Crippen molar-refractivity contribution in [3.63, 3.8) is 0 Å². The van der Waals surface area contributed by atoms with Crippen LogP contribution in [0.25, 0.3) is 11.0 Å². The molecule has 1 aliphatic heterocycles. The molecule has 0 unspecified atom stereocenters. The minimum absolute atomic E-state index is 0.00672. The Kier molecular flexibility index (Phi) is 3.55. The Hall–Kier alpha value is -2.70. The van der Waals surface area contributed by atoms with Gasteiger partial charge in [0.2, 0.25) is 5.89 Å². The van der Waals surface area contributed by atoms with Gasteiger partial charge in [0.05, 0.1) is 23.2 Å². The number of fused-ring (bicyclic) bond motifs is 1. The SMILES string of the molecule is CC(C)c1nc([C@H]2CCCN2C(=O)c2c[nH+]c3[nH]ccc3c2)no1. The van der Waals surface area contributed by atoms with Gasteiger partial charge in [-0.25, -0.2) is 9.97 Å². The number of carbonyl (C=O) groups is 1. The molecular weight excluding hydrogens is 306 g/mol. The molecule has 124 valence electrons. The van der Waals surface area contributed by atoms with Gasteiger partial charge in [-0.05, 0) is 25.0 Å². The number of aromatic nitrogens is 4. The van der Waals surface area contributed by atoms with Gasteiger partial charge in [0, 0.05) is 12.5 Å². The van der Waals surface area contributed by atoms with Gasteiger partial charge in [-0.1, -0.05) is 19.0 Å². The Bertz CT molecular complexity index is 882. The van der Waals surface area contributed by atoms with E-state index in [1.807, 2.05) is 37.1 Å². The summed E-state index contributed by atoms with van der Waals surface area (Å²) in [6, 6.07) is 3.73. The number of amides is 1. The van der Waals surface area contributed by atoms with Crippen LogP contribution >= 0.6 is 0 Å². The average molecular weight is 326 g/mol. The Balaban J connectivity index is 1.62. The summed E-state index contributed by atoms with van der Waals surface area (Å²) in [5.41, 5.74) is 1.55. The van der Waals surface area contributed by atoms with Crippen molar-refractivity contribution >= 4 is 16.9 Å². The van der Waals surface area contributed by atoms with Crippen LogP contribution in [-0.4, -0.2) is 32.5 Å². The highest BCUT2D eigenvalue weighted by atomic mass is 16.5. The minimum Gasteiger partial charge on any atom is -0.339 e. The highest BCUT2D eigenvalue weighted by molar-refractivity contribution is 5.96. The van der Waals surface area contributed by atoms with Crippen molar-refractivity contribution in [2.24, 2.45) is 0 Å². The zero-order chi connectivity index (χ0) is 16.7. The number of hydrogen-bond acceptors (Lipinski definition) is 4. The van der Waals surface area contributed by atoms with E-state index in [9.17, 15) is 4.79 Å². The van der Waals surface area contributed by atoms with Crippen molar-refractivity contribution in [2.75, 3.05) is 6.54 Å². The number of likely N-dealkylation sites (tertiary alicyclic amines) is 1. The number of nitrogens with zero attached hydrogens (tertiary/aromatic N) is 3. The van der Waals surface area contributed by atoms with Gasteiger partial charge in [-0.2, -0.15) is 4.98 Å². The number of aromatic amines is 2. The van der Waals surface area contributed by atoms with Crippen LogP contribution in [0.15, 0.2) is 29.0 Å². The molecule has 0 bridgehead atoms. The van der Waals surface area contributed by atoms with Crippen LogP contribution in [-0.2, 0) is 0 Å². The molecule has 3 aromatic heterocycles. The third-order valence-electron chi connectivity index (χ3n) is 4.47. The van der Waals surface area contributed by atoms with E-state index < -0.39 is 0 Å². The Morgan fingerprint density at radius 1 is 1.50 bits per heavy atom. The van der Waals surface area contributed by atoms with E-state index in [0.29, 0.717) is 23.8 Å². The first-order valence-electron chi connectivity index (χ1n) is 8.27. The minimum atomic E-state index is -0.115.